The number of amides is 2. The molecule has 28 heavy (non-hydrogen) atoms. The number of hydrogen-bond donors (Lipinski definition) is 4. The molecule has 0 aliphatic carbocycles. The monoisotopic (exact) mass is 444 g/mol. The van der Waals surface area contributed by atoms with Gasteiger partial charge in [-0.25, -0.2) is 9.78 Å². The van der Waals surface area contributed by atoms with E-state index in [1.807, 2.05) is 0 Å². The number of nitrogens with one attached hydrogen (secondary N) is 3. The van der Waals surface area contributed by atoms with Crippen molar-refractivity contribution in [1.82, 2.24) is 20.3 Å². The molecule has 3 aromatic heterocycles. The van der Waals surface area contributed by atoms with Crippen molar-refractivity contribution in [3.8, 4) is 0 Å². The summed E-state index contributed by atoms with van der Waals surface area (Å²) < 4.78 is 0.771. The van der Waals surface area contributed by atoms with Gasteiger partial charge in [-0.05, 0) is 34.5 Å². The first-order valence-corrected chi connectivity index (χ1v) is 9.43. The molecule has 1 saturated heterocycles. The third kappa shape index (κ3) is 3.50. The molecule has 0 radical (unpaired) electrons. The lowest BCUT2D eigenvalue weighted by Gasteiger charge is -2.22. The van der Waals surface area contributed by atoms with Crippen LogP contribution in [0.4, 0.5) is 16.2 Å². The number of aromatic amines is 1. The summed E-state index contributed by atoms with van der Waals surface area (Å²) in [5, 5.41) is 15.2. The summed E-state index contributed by atoms with van der Waals surface area (Å²) in [5.74, 6) is -0.272. The number of pyridine rings is 2. The molecule has 3 aromatic rings. The molecule has 0 spiro atoms. The Kier molecular flexibility index (Phi) is 4.86. The summed E-state index contributed by atoms with van der Waals surface area (Å²) in [7, 11) is 0. The normalized spacial score (nSPS) is 16.3. The van der Waals surface area contributed by atoms with Gasteiger partial charge in [-0.1, -0.05) is 0 Å². The highest BCUT2D eigenvalue weighted by molar-refractivity contribution is 9.10. The third-order valence-corrected chi connectivity index (χ3v) is 5.21. The van der Waals surface area contributed by atoms with Crippen LogP contribution >= 0.6 is 15.9 Å². The average molecular weight is 445 g/mol. The zero-order valence-electron chi connectivity index (χ0n) is 14.6. The van der Waals surface area contributed by atoms with E-state index in [0.717, 1.165) is 15.5 Å². The van der Waals surface area contributed by atoms with E-state index >= 15 is 0 Å². The van der Waals surface area contributed by atoms with Crippen LogP contribution in [0.5, 0.6) is 0 Å². The van der Waals surface area contributed by atoms with E-state index in [2.05, 4.69) is 46.4 Å². The number of carboxylic acid groups (broad SMARTS) is 1. The van der Waals surface area contributed by atoms with Crippen LogP contribution < -0.4 is 15.5 Å². The smallest absolute Gasteiger partial charge is 0.404 e. The predicted molar refractivity (Wildman–Crippen MR) is 108 cm³/mol. The topological polar surface area (TPSA) is 123 Å². The van der Waals surface area contributed by atoms with E-state index < -0.39 is 6.09 Å². The number of H-pyrrole nitrogens is 1. The van der Waals surface area contributed by atoms with E-state index in [1.54, 1.807) is 30.7 Å². The molecule has 0 saturated carbocycles. The molecule has 1 unspecified atom stereocenters. The number of aromatic nitrogens is 3. The summed E-state index contributed by atoms with van der Waals surface area (Å²) in [4.78, 5) is 37.0. The van der Waals surface area contributed by atoms with Gasteiger partial charge in [-0.3, -0.25) is 9.78 Å². The number of anilines is 2. The first-order valence-electron chi connectivity index (χ1n) is 8.64. The van der Waals surface area contributed by atoms with Gasteiger partial charge in [0.25, 0.3) is 5.91 Å². The molecule has 0 bridgehead atoms. The Bertz CT molecular complexity index is 1040. The van der Waals surface area contributed by atoms with Crippen molar-refractivity contribution in [2.75, 3.05) is 23.3 Å². The minimum atomic E-state index is -1.03. The fraction of sp³-hybridized carbons (Fsp3) is 0.222. The molecule has 144 valence electrons. The summed E-state index contributed by atoms with van der Waals surface area (Å²) in [6.45, 7) is 1.22. The van der Waals surface area contributed by atoms with Crippen LogP contribution in [0.25, 0.3) is 11.0 Å². The van der Waals surface area contributed by atoms with Gasteiger partial charge in [0.05, 0.1) is 32.8 Å². The van der Waals surface area contributed by atoms with Gasteiger partial charge in [0.15, 0.2) is 0 Å². The van der Waals surface area contributed by atoms with Gasteiger partial charge in [0.2, 0.25) is 0 Å². The number of carbonyl (C=O) groups is 2. The number of rotatable bonds is 4. The standard InChI is InChI=1S/C18H17BrN6O3/c19-12-7-21-16-14(15(12)25-5-3-11(9-25)23-18(27)28)13(8-22-16)24-17(26)10-2-1-4-20-6-10/h1-2,4,6-8,11,23H,3,5,9H2,(H,21,22)(H,24,26)(H,27,28). The molecule has 1 fully saturated rings. The van der Waals surface area contributed by atoms with Crippen molar-refractivity contribution >= 4 is 50.3 Å². The van der Waals surface area contributed by atoms with Crippen molar-refractivity contribution in [3.63, 3.8) is 0 Å². The Hall–Kier alpha value is -3.14. The van der Waals surface area contributed by atoms with Gasteiger partial charge >= 0.3 is 6.09 Å². The number of halogens is 1. The first-order chi connectivity index (χ1) is 13.5. The van der Waals surface area contributed by atoms with Crippen molar-refractivity contribution in [3.05, 3.63) is 47.0 Å². The van der Waals surface area contributed by atoms with Crippen molar-refractivity contribution in [2.45, 2.75) is 12.5 Å². The molecule has 1 aliphatic rings. The third-order valence-electron chi connectivity index (χ3n) is 4.63. The second kappa shape index (κ2) is 7.47. The molecule has 1 atom stereocenters. The van der Waals surface area contributed by atoms with E-state index in [9.17, 15) is 9.59 Å². The van der Waals surface area contributed by atoms with Crippen LogP contribution in [0, 0.1) is 0 Å². The summed E-state index contributed by atoms with van der Waals surface area (Å²) in [6.07, 6.45) is 6.17. The Labute approximate surface area is 168 Å². The van der Waals surface area contributed by atoms with Crippen molar-refractivity contribution in [1.29, 1.82) is 0 Å². The Morgan fingerprint density at radius 1 is 1.36 bits per heavy atom. The minimum absolute atomic E-state index is 0.153. The van der Waals surface area contributed by atoms with Crippen LogP contribution in [-0.4, -0.2) is 51.2 Å². The van der Waals surface area contributed by atoms with E-state index in [-0.39, 0.29) is 11.9 Å². The minimum Gasteiger partial charge on any atom is -0.465 e. The molecule has 10 heteroatoms. The Balaban J connectivity index is 1.68. The fourth-order valence-corrected chi connectivity index (χ4v) is 3.96. The lowest BCUT2D eigenvalue weighted by Crippen LogP contribution is -2.36. The highest BCUT2D eigenvalue weighted by atomic mass is 79.9. The first kappa shape index (κ1) is 18.2. The molecule has 0 aromatic carbocycles. The fourth-order valence-electron chi connectivity index (χ4n) is 3.41. The van der Waals surface area contributed by atoms with Gasteiger partial charge < -0.3 is 25.6 Å². The van der Waals surface area contributed by atoms with Gasteiger partial charge in [-0.15, -0.1) is 0 Å². The molecule has 9 nitrogen and oxygen atoms in total. The van der Waals surface area contributed by atoms with Crippen molar-refractivity contribution in [2.24, 2.45) is 0 Å². The second-order valence-electron chi connectivity index (χ2n) is 6.46. The van der Waals surface area contributed by atoms with E-state index in [4.69, 9.17) is 5.11 Å². The van der Waals surface area contributed by atoms with Crippen LogP contribution in [0.15, 0.2) is 41.4 Å². The number of fused-ring (bicyclic) bond motifs is 1. The summed E-state index contributed by atoms with van der Waals surface area (Å²) >= 11 is 3.55. The van der Waals surface area contributed by atoms with E-state index in [1.165, 1.54) is 6.20 Å². The van der Waals surface area contributed by atoms with Crippen molar-refractivity contribution < 1.29 is 14.7 Å². The van der Waals surface area contributed by atoms with E-state index in [0.29, 0.717) is 36.4 Å². The lowest BCUT2D eigenvalue weighted by molar-refractivity contribution is 0.102. The quantitative estimate of drug-likeness (QED) is 0.490. The Morgan fingerprint density at radius 2 is 2.21 bits per heavy atom. The van der Waals surface area contributed by atoms with Gasteiger partial charge in [-0.2, -0.15) is 0 Å². The average Bonchev–Trinajstić information content (AvgIpc) is 3.29. The van der Waals surface area contributed by atoms with Gasteiger partial charge in [0.1, 0.15) is 5.65 Å². The maximum Gasteiger partial charge on any atom is 0.404 e. The number of hydrogen-bond acceptors (Lipinski definition) is 5. The molecular formula is C18H17BrN6O3. The van der Waals surface area contributed by atoms with Crippen LogP contribution in [0.3, 0.4) is 0 Å². The Morgan fingerprint density at radius 3 is 2.96 bits per heavy atom. The molecule has 1 aliphatic heterocycles. The highest BCUT2D eigenvalue weighted by Crippen LogP contribution is 2.39. The maximum absolute atomic E-state index is 12.6. The molecule has 2 amide bonds. The lowest BCUT2D eigenvalue weighted by atomic mass is 10.2. The van der Waals surface area contributed by atoms with Crippen LogP contribution in [0.1, 0.15) is 16.8 Å². The summed E-state index contributed by atoms with van der Waals surface area (Å²) in [6, 6.07) is 3.24. The largest absolute Gasteiger partial charge is 0.465 e. The zero-order valence-corrected chi connectivity index (χ0v) is 16.2. The highest BCUT2D eigenvalue weighted by Gasteiger charge is 2.28. The molecule has 4 heterocycles. The van der Waals surface area contributed by atoms with Crippen LogP contribution in [0.2, 0.25) is 0 Å². The maximum atomic E-state index is 12.6. The van der Waals surface area contributed by atoms with Crippen LogP contribution in [-0.2, 0) is 0 Å². The molecular weight excluding hydrogens is 428 g/mol. The zero-order chi connectivity index (χ0) is 19.7. The predicted octanol–water partition coefficient (Wildman–Crippen LogP) is 2.82. The summed E-state index contributed by atoms with van der Waals surface area (Å²) in [5.41, 5.74) is 2.55. The SMILES string of the molecule is O=C(O)NC1CCN(c2c(Br)cnc3[nH]cc(NC(=O)c4cccnc4)c23)C1. The molecule has 4 rings (SSSR count). The number of carbonyl (C=O) groups excluding carboxylic acids is 1. The molecule has 4 N–H and O–H groups in total. The number of nitrogens with zero attached hydrogens (tertiary/aromatic N) is 3. The second-order valence-corrected chi connectivity index (χ2v) is 7.31. The van der Waals surface area contributed by atoms with Gasteiger partial charge in [0, 0.05) is 37.9 Å².